The Bertz CT molecular complexity index is 293. The van der Waals surface area contributed by atoms with Crippen molar-refractivity contribution in [2.24, 2.45) is 5.73 Å². The number of halogens is 1. The molecule has 0 bridgehead atoms. The Balaban J connectivity index is 2.76. The van der Waals surface area contributed by atoms with E-state index in [2.05, 4.69) is 39.2 Å². The molecule has 1 heterocycles. The highest BCUT2D eigenvalue weighted by Gasteiger charge is 2.18. The van der Waals surface area contributed by atoms with Crippen LogP contribution in [0.2, 0.25) is 0 Å². The van der Waals surface area contributed by atoms with E-state index in [-0.39, 0.29) is 12.6 Å². The molecule has 0 fully saturated rings. The Morgan fingerprint density at radius 3 is 2.80 bits per heavy atom. The zero-order valence-electron chi connectivity index (χ0n) is 8.82. The smallest absolute Gasteiger partial charge is 0.0565 e. The fourth-order valence-corrected chi connectivity index (χ4v) is 3.20. The van der Waals surface area contributed by atoms with Crippen LogP contribution in [-0.4, -0.2) is 36.2 Å². The number of nitrogens with two attached hydrogens (primary N) is 1. The summed E-state index contributed by atoms with van der Waals surface area (Å²) in [6, 6.07) is 2.32. The van der Waals surface area contributed by atoms with Gasteiger partial charge in [-0.15, -0.1) is 11.3 Å². The monoisotopic (exact) mass is 292 g/mol. The first-order valence-electron chi connectivity index (χ1n) is 5.01. The first-order valence-corrected chi connectivity index (χ1v) is 6.69. The highest BCUT2D eigenvalue weighted by atomic mass is 79.9. The molecule has 86 valence electrons. The molecular weight excluding hydrogens is 276 g/mol. The lowest BCUT2D eigenvalue weighted by molar-refractivity contribution is 0.161. The van der Waals surface area contributed by atoms with E-state index in [9.17, 15) is 0 Å². The van der Waals surface area contributed by atoms with Gasteiger partial charge in [0.2, 0.25) is 0 Å². The molecule has 15 heavy (non-hydrogen) atoms. The third kappa shape index (κ3) is 3.53. The highest BCUT2D eigenvalue weighted by molar-refractivity contribution is 9.10. The largest absolute Gasteiger partial charge is 0.395 e. The Hall–Kier alpha value is 0.0600. The summed E-state index contributed by atoms with van der Waals surface area (Å²) < 4.78 is 1.10. The van der Waals surface area contributed by atoms with Gasteiger partial charge in [0.05, 0.1) is 12.6 Å². The predicted octanol–water partition coefficient (Wildman–Crippen LogP) is 1.82. The van der Waals surface area contributed by atoms with Gasteiger partial charge in [0.1, 0.15) is 0 Å². The molecule has 5 heteroatoms. The van der Waals surface area contributed by atoms with Crippen molar-refractivity contribution in [3.05, 3.63) is 20.8 Å². The lowest BCUT2D eigenvalue weighted by Crippen LogP contribution is -2.35. The van der Waals surface area contributed by atoms with Crippen molar-refractivity contribution in [3.8, 4) is 0 Å². The zero-order valence-corrected chi connectivity index (χ0v) is 11.2. The van der Waals surface area contributed by atoms with E-state index in [1.54, 1.807) is 11.3 Å². The second-order valence-electron chi connectivity index (χ2n) is 3.27. The Labute approximate surface area is 103 Å². The summed E-state index contributed by atoms with van der Waals surface area (Å²) in [6.45, 7) is 4.42. The molecule has 0 spiro atoms. The number of hydrogen-bond donors (Lipinski definition) is 2. The van der Waals surface area contributed by atoms with Gasteiger partial charge in [-0.2, -0.15) is 0 Å². The van der Waals surface area contributed by atoms with Gasteiger partial charge in [-0.05, 0) is 28.5 Å². The molecule has 1 unspecified atom stereocenters. The molecule has 0 aliphatic carbocycles. The van der Waals surface area contributed by atoms with Crippen molar-refractivity contribution in [1.82, 2.24) is 4.90 Å². The van der Waals surface area contributed by atoms with Crippen LogP contribution in [0.25, 0.3) is 0 Å². The van der Waals surface area contributed by atoms with Crippen molar-refractivity contribution >= 4 is 27.3 Å². The minimum absolute atomic E-state index is 0.177. The van der Waals surface area contributed by atoms with E-state index in [1.807, 2.05) is 0 Å². The molecule has 0 aliphatic rings. The zero-order chi connectivity index (χ0) is 11.3. The van der Waals surface area contributed by atoms with E-state index in [0.717, 1.165) is 11.0 Å². The highest BCUT2D eigenvalue weighted by Crippen LogP contribution is 2.28. The summed E-state index contributed by atoms with van der Waals surface area (Å²) in [5, 5.41) is 11.0. The minimum Gasteiger partial charge on any atom is -0.395 e. The standard InChI is InChI=1S/C10H17BrN2OS/c1-2-13(3-4-14)9(6-12)10-5-8(11)7-15-10/h5,7,9,14H,2-4,6,12H2,1H3. The van der Waals surface area contributed by atoms with Crippen LogP contribution in [0, 0.1) is 0 Å². The van der Waals surface area contributed by atoms with E-state index < -0.39 is 0 Å². The molecular formula is C10H17BrN2OS. The molecule has 0 aliphatic heterocycles. The van der Waals surface area contributed by atoms with Crippen LogP contribution < -0.4 is 5.73 Å². The van der Waals surface area contributed by atoms with Crippen molar-refractivity contribution in [3.63, 3.8) is 0 Å². The third-order valence-electron chi connectivity index (χ3n) is 2.37. The SMILES string of the molecule is CCN(CCO)C(CN)c1cc(Br)cs1. The Morgan fingerprint density at radius 2 is 2.40 bits per heavy atom. The number of hydrogen-bond acceptors (Lipinski definition) is 4. The first kappa shape index (κ1) is 13.1. The fourth-order valence-electron chi connectivity index (χ4n) is 1.61. The maximum atomic E-state index is 8.98. The summed E-state index contributed by atoms with van der Waals surface area (Å²) in [4.78, 5) is 3.44. The quantitative estimate of drug-likeness (QED) is 0.841. The van der Waals surface area contributed by atoms with Crippen molar-refractivity contribution in [1.29, 1.82) is 0 Å². The average Bonchev–Trinajstić information content (AvgIpc) is 2.64. The number of aliphatic hydroxyl groups is 1. The number of likely N-dealkylation sites (N-methyl/N-ethyl adjacent to an activating group) is 1. The molecule has 0 aromatic carbocycles. The van der Waals surface area contributed by atoms with Gasteiger partial charge in [-0.1, -0.05) is 6.92 Å². The number of nitrogens with zero attached hydrogens (tertiary/aromatic N) is 1. The van der Waals surface area contributed by atoms with Crippen LogP contribution in [0.4, 0.5) is 0 Å². The lowest BCUT2D eigenvalue weighted by Gasteiger charge is -2.28. The van der Waals surface area contributed by atoms with Gasteiger partial charge in [0.15, 0.2) is 0 Å². The molecule has 1 aromatic rings. The normalized spacial score (nSPS) is 13.4. The second-order valence-corrected chi connectivity index (χ2v) is 5.13. The average molecular weight is 293 g/mol. The van der Waals surface area contributed by atoms with Crippen LogP contribution in [0.5, 0.6) is 0 Å². The van der Waals surface area contributed by atoms with E-state index in [0.29, 0.717) is 13.1 Å². The van der Waals surface area contributed by atoms with E-state index in [4.69, 9.17) is 10.8 Å². The molecule has 1 rings (SSSR count). The summed E-state index contributed by atoms with van der Waals surface area (Å²) >= 11 is 5.14. The fraction of sp³-hybridized carbons (Fsp3) is 0.600. The summed E-state index contributed by atoms with van der Waals surface area (Å²) in [6.07, 6.45) is 0. The summed E-state index contributed by atoms with van der Waals surface area (Å²) in [5.41, 5.74) is 5.79. The van der Waals surface area contributed by atoms with Gasteiger partial charge in [-0.25, -0.2) is 0 Å². The van der Waals surface area contributed by atoms with Crippen LogP contribution >= 0.6 is 27.3 Å². The van der Waals surface area contributed by atoms with Crippen LogP contribution in [-0.2, 0) is 0 Å². The maximum absolute atomic E-state index is 8.98. The Morgan fingerprint density at radius 1 is 1.67 bits per heavy atom. The van der Waals surface area contributed by atoms with Crippen LogP contribution in [0.3, 0.4) is 0 Å². The molecule has 1 atom stereocenters. The minimum atomic E-state index is 0.177. The number of aliphatic hydroxyl groups excluding tert-OH is 1. The van der Waals surface area contributed by atoms with Gasteiger partial charge < -0.3 is 10.8 Å². The molecule has 1 aromatic heterocycles. The van der Waals surface area contributed by atoms with E-state index in [1.165, 1.54) is 4.88 Å². The van der Waals surface area contributed by atoms with Crippen LogP contribution in [0.1, 0.15) is 17.8 Å². The molecule has 3 N–H and O–H groups in total. The number of rotatable bonds is 6. The van der Waals surface area contributed by atoms with Crippen molar-refractivity contribution in [2.75, 3.05) is 26.2 Å². The molecule has 0 saturated carbocycles. The van der Waals surface area contributed by atoms with Gasteiger partial charge in [0.25, 0.3) is 0 Å². The molecule has 0 saturated heterocycles. The van der Waals surface area contributed by atoms with Gasteiger partial charge in [-0.3, -0.25) is 4.90 Å². The maximum Gasteiger partial charge on any atom is 0.0565 e. The third-order valence-corrected chi connectivity index (χ3v) is 4.17. The molecule has 0 amide bonds. The topological polar surface area (TPSA) is 49.5 Å². The van der Waals surface area contributed by atoms with Crippen molar-refractivity contribution in [2.45, 2.75) is 13.0 Å². The summed E-state index contributed by atoms with van der Waals surface area (Å²) in [5.74, 6) is 0. The molecule has 3 nitrogen and oxygen atoms in total. The predicted molar refractivity (Wildman–Crippen MR) is 68.1 cm³/mol. The first-order chi connectivity index (χ1) is 7.22. The number of thiophene rings is 1. The van der Waals surface area contributed by atoms with Crippen LogP contribution in [0.15, 0.2) is 15.9 Å². The van der Waals surface area contributed by atoms with Crippen molar-refractivity contribution < 1.29 is 5.11 Å². The summed E-state index contributed by atoms with van der Waals surface area (Å²) in [7, 11) is 0. The van der Waals surface area contributed by atoms with Gasteiger partial charge in [0, 0.05) is 27.8 Å². The van der Waals surface area contributed by atoms with Gasteiger partial charge >= 0.3 is 0 Å². The Kier molecular flexibility index (Phi) is 5.78. The second kappa shape index (κ2) is 6.60. The lowest BCUT2D eigenvalue weighted by atomic mass is 10.2. The molecule has 0 radical (unpaired) electrons. The van der Waals surface area contributed by atoms with E-state index >= 15 is 0 Å².